The van der Waals surface area contributed by atoms with E-state index in [9.17, 15) is 9.18 Å². The zero-order valence-corrected chi connectivity index (χ0v) is 10.8. The Labute approximate surface area is 107 Å². The molecular formula is C14H18FNO2. The highest BCUT2D eigenvalue weighted by Gasteiger charge is 2.31. The van der Waals surface area contributed by atoms with Gasteiger partial charge >= 0.3 is 0 Å². The minimum Gasteiger partial charge on any atom is -0.483 e. The van der Waals surface area contributed by atoms with Crippen LogP contribution < -0.4 is 4.74 Å². The van der Waals surface area contributed by atoms with Gasteiger partial charge in [-0.2, -0.15) is 0 Å². The van der Waals surface area contributed by atoms with E-state index in [0.717, 1.165) is 19.4 Å². The van der Waals surface area contributed by atoms with Gasteiger partial charge in [0.1, 0.15) is 11.6 Å². The van der Waals surface area contributed by atoms with Gasteiger partial charge in [-0.1, -0.05) is 0 Å². The molecule has 1 aliphatic carbocycles. The Hall–Kier alpha value is -1.58. The van der Waals surface area contributed by atoms with Crippen LogP contribution in [0.3, 0.4) is 0 Å². The molecule has 2 rings (SSSR count). The summed E-state index contributed by atoms with van der Waals surface area (Å²) in [6, 6.07) is 4.70. The maximum absolute atomic E-state index is 12.9. The third kappa shape index (κ3) is 3.00. The second kappa shape index (κ2) is 5.38. The van der Waals surface area contributed by atoms with E-state index in [0.29, 0.717) is 17.4 Å². The van der Waals surface area contributed by atoms with Gasteiger partial charge in [0.15, 0.2) is 6.61 Å². The molecule has 0 atom stereocenters. The minimum absolute atomic E-state index is 0.00345. The molecule has 4 heteroatoms. The SMILES string of the molecule is CCN(C(=O)COc1ccc(F)cc1C)C1CC1. The fourth-order valence-electron chi connectivity index (χ4n) is 2.02. The number of rotatable bonds is 5. The number of amides is 1. The zero-order valence-electron chi connectivity index (χ0n) is 10.8. The molecule has 98 valence electrons. The fraction of sp³-hybridized carbons (Fsp3) is 0.500. The van der Waals surface area contributed by atoms with Crippen molar-refractivity contribution in [2.75, 3.05) is 13.2 Å². The van der Waals surface area contributed by atoms with Gasteiger partial charge in [0.05, 0.1) is 0 Å². The number of likely N-dealkylation sites (N-methyl/N-ethyl adjacent to an activating group) is 1. The van der Waals surface area contributed by atoms with Crippen molar-refractivity contribution in [1.82, 2.24) is 4.90 Å². The maximum Gasteiger partial charge on any atom is 0.260 e. The van der Waals surface area contributed by atoms with E-state index in [-0.39, 0.29) is 18.3 Å². The molecule has 0 aromatic heterocycles. The number of nitrogens with zero attached hydrogens (tertiary/aromatic N) is 1. The van der Waals surface area contributed by atoms with Crippen LogP contribution in [0.5, 0.6) is 5.75 Å². The summed E-state index contributed by atoms with van der Waals surface area (Å²) < 4.78 is 18.4. The highest BCUT2D eigenvalue weighted by atomic mass is 19.1. The van der Waals surface area contributed by atoms with Gasteiger partial charge in [-0.3, -0.25) is 4.79 Å². The zero-order chi connectivity index (χ0) is 13.1. The Balaban J connectivity index is 1.92. The largest absolute Gasteiger partial charge is 0.483 e. The van der Waals surface area contributed by atoms with Gasteiger partial charge in [-0.05, 0) is 50.5 Å². The maximum atomic E-state index is 12.9. The summed E-state index contributed by atoms with van der Waals surface area (Å²) in [5.41, 5.74) is 0.706. The van der Waals surface area contributed by atoms with Gasteiger partial charge < -0.3 is 9.64 Å². The number of aryl methyl sites for hydroxylation is 1. The molecule has 0 N–H and O–H groups in total. The Bertz CT molecular complexity index is 443. The summed E-state index contributed by atoms with van der Waals surface area (Å²) in [7, 11) is 0. The van der Waals surface area contributed by atoms with Gasteiger partial charge in [-0.25, -0.2) is 4.39 Å². The van der Waals surface area contributed by atoms with Crippen LogP contribution in [-0.4, -0.2) is 30.0 Å². The van der Waals surface area contributed by atoms with Crippen LogP contribution in [0.2, 0.25) is 0 Å². The van der Waals surface area contributed by atoms with Crippen molar-refractivity contribution in [2.45, 2.75) is 32.7 Å². The molecule has 1 aliphatic rings. The molecule has 1 amide bonds. The average molecular weight is 251 g/mol. The lowest BCUT2D eigenvalue weighted by atomic mass is 10.2. The predicted octanol–water partition coefficient (Wildman–Crippen LogP) is 2.52. The fourth-order valence-corrected chi connectivity index (χ4v) is 2.02. The van der Waals surface area contributed by atoms with E-state index in [2.05, 4.69) is 0 Å². The summed E-state index contributed by atoms with van der Waals surface area (Å²) in [6.07, 6.45) is 2.18. The summed E-state index contributed by atoms with van der Waals surface area (Å²) in [5.74, 6) is 0.277. The molecular weight excluding hydrogens is 233 g/mol. The smallest absolute Gasteiger partial charge is 0.260 e. The Morgan fingerprint density at radius 1 is 1.50 bits per heavy atom. The number of ether oxygens (including phenoxy) is 1. The molecule has 0 heterocycles. The Kier molecular flexibility index (Phi) is 3.84. The van der Waals surface area contributed by atoms with E-state index in [1.807, 2.05) is 11.8 Å². The van der Waals surface area contributed by atoms with Crippen LogP contribution in [0, 0.1) is 12.7 Å². The number of halogens is 1. The van der Waals surface area contributed by atoms with Crippen LogP contribution in [0.15, 0.2) is 18.2 Å². The summed E-state index contributed by atoms with van der Waals surface area (Å²) in [5, 5.41) is 0. The standard InChI is InChI=1S/C14H18FNO2/c1-3-16(12-5-6-12)14(17)9-18-13-7-4-11(15)8-10(13)2/h4,7-8,12H,3,5-6,9H2,1-2H3. The Morgan fingerprint density at radius 3 is 2.78 bits per heavy atom. The molecule has 3 nitrogen and oxygen atoms in total. The molecule has 0 aliphatic heterocycles. The molecule has 1 aromatic rings. The van der Waals surface area contributed by atoms with E-state index >= 15 is 0 Å². The highest BCUT2D eigenvalue weighted by Crippen LogP contribution is 2.26. The monoisotopic (exact) mass is 251 g/mol. The van der Waals surface area contributed by atoms with Gasteiger partial charge in [0.25, 0.3) is 5.91 Å². The van der Waals surface area contributed by atoms with E-state index in [1.54, 1.807) is 13.0 Å². The van der Waals surface area contributed by atoms with Crippen molar-refractivity contribution in [2.24, 2.45) is 0 Å². The van der Waals surface area contributed by atoms with Crippen molar-refractivity contribution in [1.29, 1.82) is 0 Å². The van der Waals surface area contributed by atoms with Gasteiger partial charge in [0.2, 0.25) is 0 Å². The van der Waals surface area contributed by atoms with Crippen LogP contribution in [-0.2, 0) is 4.79 Å². The van der Waals surface area contributed by atoms with Crippen LogP contribution in [0.1, 0.15) is 25.3 Å². The summed E-state index contributed by atoms with van der Waals surface area (Å²) in [6.45, 7) is 4.48. The molecule has 1 aromatic carbocycles. The predicted molar refractivity (Wildman–Crippen MR) is 67.0 cm³/mol. The number of hydrogen-bond donors (Lipinski definition) is 0. The van der Waals surface area contributed by atoms with Gasteiger partial charge in [0, 0.05) is 12.6 Å². The van der Waals surface area contributed by atoms with Gasteiger partial charge in [-0.15, -0.1) is 0 Å². The van der Waals surface area contributed by atoms with Crippen LogP contribution in [0.4, 0.5) is 4.39 Å². The third-order valence-corrected chi connectivity index (χ3v) is 3.14. The summed E-state index contributed by atoms with van der Waals surface area (Å²) in [4.78, 5) is 13.8. The number of carbonyl (C=O) groups excluding carboxylic acids is 1. The Morgan fingerprint density at radius 2 is 2.22 bits per heavy atom. The lowest BCUT2D eigenvalue weighted by molar-refractivity contribution is -0.133. The van der Waals surface area contributed by atoms with Crippen LogP contribution in [0.25, 0.3) is 0 Å². The van der Waals surface area contributed by atoms with E-state index < -0.39 is 0 Å². The molecule has 0 radical (unpaired) electrons. The number of benzene rings is 1. The molecule has 0 bridgehead atoms. The lowest BCUT2D eigenvalue weighted by Gasteiger charge is -2.20. The van der Waals surface area contributed by atoms with Crippen molar-refractivity contribution < 1.29 is 13.9 Å². The van der Waals surface area contributed by atoms with Crippen molar-refractivity contribution >= 4 is 5.91 Å². The first kappa shape index (κ1) is 12.9. The third-order valence-electron chi connectivity index (χ3n) is 3.14. The second-order valence-electron chi connectivity index (χ2n) is 4.61. The van der Waals surface area contributed by atoms with Crippen molar-refractivity contribution in [3.8, 4) is 5.75 Å². The van der Waals surface area contributed by atoms with Crippen LogP contribution >= 0.6 is 0 Å². The molecule has 1 fully saturated rings. The normalized spacial score (nSPS) is 14.4. The topological polar surface area (TPSA) is 29.5 Å². The van der Waals surface area contributed by atoms with Crippen molar-refractivity contribution in [3.05, 3.63) is 29.6 Å². The molecule has 0 saturated heterocycles. The molecule has 1 saturated carbocycles. The summed E-state index contributed by atoms with van der Waals surface area (Å²) >= 11 is 0. The van der Waals surface area contributed by atoms with E-state index in [4.69, 9.17) is 4.74 Å². The lowest BCUT2D eigenvalue weighted by Crippen LogP contribution is -2.36. The minimum atomic E-state index is -0.292. The average Bonchev–Trinajstić information content (AvgIpc) is 3.13. The number of hydrogen-bond acceptors (Lipinski definition) is 2. The van der Waals surface area contributed by atoms with E-state index in [1.165, 1.54) is 12.1 Å². The van der Waals surface area contributed by atoms with Crippen molar-refractivity contribution in [3.63, 3.8) is 0 Å². The quantitative estimate of drug-likeness (QED) is 0.804. The molecule has 0 unspecified atom stereocenters. The highest BCUT2D eigenvalue weighted by molar-refractivity contribution is 5.78. The first-order valence-electron chi connectivity index (χ1n) is 6.30. The molecule has 0 spiro atoms. The molecule has 18 heavy (non-hydrogen) atoms. The number of carbonyl (C=O) groups is 1. The second-order valence-corrected chi connectivity index (χ2v) is 4.61. The first-order chi connectivity index (χ1) is 8.61. The first-order valence-corrected chi connectivity index (χ1v) is 6.30.